The van der Waals surface area contributed by atoms with Crippen molar-refractivity contribution >= 4 is 5.97 Å². The number of hydrogen-bond donors (Lipinski definition) is 0. The molecule has 0 radical (unpaired) electrons. The Morgan fingerprint density at radius 1 is 1.03 bits per heavy atom. The molecule has 1 aliphatic carbocycles. The molecule has 0 saturated carbocycles. The van der Waals surface area contributed by atoms with E-state index in [-0.39, 0.29) is 16.9 Å². The van der Waals surface area contributed by atoms with Crippen LogP contribution in [0.3, 0.4) is 0 Å². The van der Waals surface area contributed by atoms with Crippen molar-refractivity contribution < 1.29 is 27.4 Å². The first-order chi connectivity index (χ1) is 15.4. The molecule has 0 N–H and O–H groups in total. The lowest BCUT2D eigenvalue weighted by Gasteiger charge is -2.32. The van der Waals surface area contributed by atoms with Crippen LogP contribution < -0.4 is 9.47 Å². The zero-order chi connectivity index (χ0) is 24.6. The average molecular weight is 461 g/mol. The highest BCUT2D eigenvalue weighted by atomic mass is 19.4. The van der Waals surface area contributed by atoms with Gasteiger partial charge in [-0.15, -0.1) is 13.2 Å². The molecule has 0 amide bonds. The minimum Gasteiger partial charge on any atom is -0.423 e. The molecule has 0 spiro atoms. The van der Waals surface area contributed by atoms with Gasteiger partial charge < -0.3 is 9.47 Å². The maximum absolute atomic E-state index is 12.2. The van der Waals surface area contributed by atoms with Crippen molar-refractivity contribution in [3.63, 3.8) is 0 Å². The number of carbonyl (C=O) groups excluding carboxylic acids is 1. The Morgan fingerprint density at radius 3 is 2.27 bits per heavy atom. The second kappa shape index (κ2) is 11.2. The minimum absolute atomic E-state index is 0.124. The molecule has 2 rings (SSSR count). The quantitative estimate of drug-likeness (QED) is 0.179. The number of halogens is 3. The number of ether oxygens (including phenoxy) is 2. The topological polar surface area (TPSA) is 35.5 Å². The van der Waals surface area contributed by atoms with Crippen LogP contribution >= 0.6 is 0 Å². The number of carbonyl (C=O) groups is 1. The summed E-state index contributed by atoms with van der Waals surface area (Å²) < 4.78 is 45.5. The molecule has 178 valence electrons. The summed E-state index contributed by atoms with van der Waals surface area (Å²) in [6, 6.07) is 4.64. The van der Waals surface area contributed by atoms with Crippen LogP contribution in [0.4, 0.5) is 13.2 Å². The Morgan fingerprint density at radius 2 is 1.67 bits per heavy atom. The number of rotatable bonds is 7. The smallest absolute Gasteiger partial charge is 0.423 e. The van der Waals surface area contributed by atoms with Crippen LogP contribution in [0.25, 0.3) is 0 Å². The van der Waals surface area contributed by atoms with Gasteiger partial charge in [0.05, 0.1) is 0 Å². The first-order valence-electron chi connectivity index (χ1n) is 10.8. The summed E-state index contributed by atoms with van der Waals surface area (Å²) in [6.07, 6.45) is 10.0. The molecule has 3 nitrogen and oxygen atoms in total. The van der Waals surface area contributed by atoms with Crippen LogP contribution in [0.2, 0.25) is 0 Å². The first-order valence-corrected chi connectivity index (χ1v) is 10.8. The highest BCUT2D eigenvalue weighted by Gasteiger charge is 2.31. The van der Waals surface area contributed by atoms with Gasteiger partial charge in [0.2, 0.25) is 0 Å². The third kappa shape index (κ3) is 9.16. The van der Waals surface area contributed by atoms with Crippen LogP contribution in [-0.2, 0) is 4.79 Å². The largest absolute Gasteiger partial charge is 0.573 e. The van der Waals surface area contributed by atoms with Crippen molar-refractivity contribution in [1.82, 2.24) is 0 Å². The van der Waals surface area contributed by atoms with E-state index < -0.39 is 12.3 Å². The molecule has 0 aromatic heterocycles. The van der Waals surface area contributed by atoms with E-state index in [4.69, 9.17) is 4.74 Å². The van der Waals surface area contributed by atoms with Crippen molar-refractivity contribution in [2.24, 2.45) is 5.41 Å². The molecule has 1 aromatic rings. The van der Waals surface area contributed by atoms with Crippen LogP contribution in [0.15, 0.2) is 83.0 Å². The van der Waals surface area contributed by atoms with Crippen LogP contribution in [0.5, 0.6) is 11.5 Å². The van der Waals surface area contributed by atoms with Gasteiger partial charge in [-0.3, -0.25) is 0 Å². The highest BCUT2D eigenvalue weighted by Crippen LogP contribution is 2.40. The van der Waals surface area contributed by atoms with Crippen molar-refractivity contribution in [1.29, 1.82) is 0 Å². The Labute approximate surface area is 194 Å². The Hall–Kier alpha value is -3.02. The van der Waals surface area contributed by atoms with Gasteiger partial charge in [-0.05, 0) is 80.9 Å². The van der Waals surface area contributed by atoms with Gasteiger partial charge >= 0.3 is 12.3 Å². The number of esters is 1. The summed E-state index contributed by atoms with van der Waals surface area (Å²) in [5, 5.41) is 0. The second-order valence-electron chi connectivity index (χ2n) is 8.86. The van der Waals surface area contributed by atoms with Crippen molar-refractivity contribution in [2.45, 2.75) is 60.2 Å². The standard InChI is InChI=1S/C27H31F3O3/c1-19(11-16-24-21(3)10-7-17-26(24,4)5)8-6-9-20(2)18-25(31)32-22-12-14-23(15-13-22)33-27(28,29)30/h6,8-9,11-16,18H,7,10,17H2,1-5H3/b9-6+,16-11+,19-8+,20-18+. The van der Waals surface area contributed by atoms with E-state index in [2.05, 4.69) is 37.7 Å². The van der Waals surface area contributed by atoms with Gasteiger partial charge in [0.25, 0.3) is 0 Å². The molecule has 0 unspecified atom stereocenters. The summed E-state index contributed by atoms with van der Waals surface area (Å²) >= 11 is 0. The number of alkyl halides is 3. The minimum atomic E-state index is -4.77. The lowest BCUT2D eigenvalue weighted by Crippen LogP contribution is -2.19. The molecule has 1 aliphatic rings. The number of benzene rings is 1. The zero-order valence-electron chi connectivity index (χ0n) is 19.8. The van der Waals surface area contributed by atoms with Crippen LogP contribution in [0.1, 0.15) is 53.9 Å². The SMILES string of the molecule is CC1=C(/C=C/C(C)=C/C=C/C(C)=C/C(=O)Oc2ccc(OC(F)(F)F)cc2)C(C)(C)CCC1. The Kier molecular flexibility index (Phi) is 8.91. The molecule has 0 saturated heterocycles. The van der Waals surface area contributed by atoms with E-state index in [1.54, 1.807) is 13.0 Å². The summed E-state index contributed by atoms with van der Waals surface area (Å²) in [5.41, 5.74) is 4.81. The number of allylic oxidation sites excluding steroid dienone is 9. The van der Waals surface area contributed by atoms with E-state index in [0.29, 0.717) is 5.57 Å². The first kappa shape index (κ1) is 26.2. The molecule has 0 heterocycles. The zero-order valence-corrected chi connectivity index (χ0v) is 19.8. The summed E-state index contributed by atoms with van der Waals surface area (Å²) in [6.45, 7) is 10.6. The van der Waals surface area contributed by atoms with Gasteiger partial charge in [0, 0.05) is 6.08 Å². The normalized spacial score (nSPS) is 17.7. The molecular weight excluding hydrogens is 429 g/mol. The molecule has 0 fully saturated rings. The summed E-state index contributed by atoms with van der Waals surface area (Å²) in [4.78, 5) is 12.0. The van der Waals surface area contributed by atoms with Gasteiger partial charge in [-0.2, -0.15) is 0 Å². The highest BCUT2D eigenvalue weighted by molar-refractivity contribution is 5.85. The molecule has 33 heavy (non-hydrogen) atoms. The molecule has 6 heteroatoms. The number of hydrogen-bond acceptors (Lipinski definition) is 3. The maximum Gasteiger partial charge on any atom is 0.573 e. The molecule has 1 aromatic carbocycles. The summed E-state index contributed by atoms with van der Waals surface area (Å²) in [5.74, 6) is -0.880. The fourth-order valence-electron chi connectivity index (χ4n) is 3.72. The Bertz CT molecular complexity index is 988. The van der Waals surface area contributed by atoms with E-state index in [9.17, 15) is 18.0 Å². The second-order valence-corrected chi connectivity index (χ2v) is 8.86. The summed E-state index contributed by atoms with van der Waals surface area (Å²) in [7, 11) is 0. The predicted molar refractivity (Wildman–Crippen MR) is 125 cm³/mol. The van der Waals surface area contributed by atoms with Gasteiger partial charge in [0.15, 0.2) is 0 Å². The average Bonchev–Trinajstić information content (AvgIpc) is 2.67. The van der Waals surface area contributed by atoms with E-state index in [0.717, 1.165) is 24.1 Å². The molecule has 0 bridgehead atoms. The lowest BCUT2D eigenvalue weighted by atomic mass is 9.72. The van der Waals surface area contributed by atoms with E-state index >= 15 is 0 Å². The van der Waals surface area contributed by atoms with E-state index in [1.807, 2.05) is 19.1 Å². The van der Waals surface area contributed by atoms with Crippen LogP contribution in [0, 0.1) is 5.41 Å². The lowest BCUT2D eigenvalue weighted by molar-refractivity contribution is -0.274. The van der Waals surface area contributed by atoms with Crippen molar-refractivity contribution in [2.75, 3.05) is 0 Å². The molecule has 0 aliphatic heterocycles. The third-order valence-corrected chi connectivity index (χ3v) is 5.39. The van der Waals surface area contributed by atoms with Crippen LogP contribution in [-0.4, -0.2) is 12.3 Å². The van der Waals surface area contributed by atoms with Gasteiger partial charge in [-0.1, -0.05) is 55.4 Å². The third-order valence-electron chi connectivity index (χ3n) is 5.39. The van der Waals surface area contributed by atoms with Gasteiger partial charge in [-0.25, -0.2) is 4.79 Å². The predicted octanol–water partition coefficient (Wildman–Crippen LogP) is 8.02. The van der Waals surface area contributed by atoms with Crippen molar-refractivity contribution in [3.8, 4) is 11.5 Å². The van der Waals surface area contributed by atoms with Gasteiger partial charge in [0.1, 0.15) is 11.5 Å². The fraction of sp³-hybridized carbons (Fsp3) is 0.370. The fourth-order valence-corrected chi connectivity index (χ4v) is 3.72. The maximum atomic E-state index is 12.2. The Balaban J connectivity index is 1.93. The molecule has 0 atom stereocenters. The molecular formula is C27H31F3O3. The van der Waals surface area contributed by atoms with Crippen molar-refractivity contribution in [3.05, 3.63) is 83.0 Å². The monoisotopic (exact) mass is 460 g/mol. The van der Waals surface area contributed by atoms with E-state index in [1.165, 1.54) is 42.2 Å².